The molecule has 0 aliphatic heterocycles. The van der Waals surface area contributed by atoms with E-state index >= 15 is 0 Å². The van der Waals surface area contributed by atoms with Crippen LogP contribution in [0, 0.1) is 17.1 Å². The van der Waals surface area contributed by atoms with Crippen molar-refractivity contribution in [2.75, 3.05) is 0 Å². The molecule has 4 nitrogen and oxygen atoms in total. The molecule has 0 amide bonds. The maximum Gasteiger partial charge on any atom is 0.340 e. The molecular weight excluding hydrogens is 187 g/mol. The van der Waals surface area contributed by atoms with Crippen molar-refractivity contribution in [1.82, 2.24) is 0 Å². The zero-order chi connectivity index (χ0) is 10.7. The van der Waals surface area contributed by atoms with Gasteiger partial charge in [0.05, 0.1) is 5.56 Å². The zero-order valence-electron chi connectivity index (χ0n) is 7.12. The van der Waals surface area contributed by atoms with Gasteiger partial charge in [-0.2, -0.15) is 5.26 Å². The first-order valence-electron chi connectivity index (χ1n) is 3.76. The molecule has 72 valence electrons. The van der Waals surface area contributed by atoms with E-state index in [1.54, 1.807) is 6.07 Å². The van der Waals surface area contributed by atoms with E-state index in [9.17, 15) is 9.18 Å². The number of nitrogens with two attached hydrogens (primary N) is 1. The Morgan fingerprint density at radius 1 is 1.64 bits per heavy atom. The molecule has 0 atom stereocenters. The van der Waals surface area contributed by atoms with Crippen molar-refractivity contribution in [3.8, 4) is 6.07 Å². The second-order valence-electron chi connectivity index (χ2n) is 2.62. The van der Waals surface area contributed by atoms with Gasteiger partial charge in [0.25, 0.3) is 0 Å². The van der Waals surface area contributed by atoms with Crippen LogP contribution in [0.3, 0.4) is 0 Å². The number of halogens is 1. The van der Waals surface area contributed by atoms with E-state index in [0.717, 1.165) is 6.07 Å². The van der Waals surface area contributed by atoms with E-state index in [1.807, 2.05) is 0 Å². The predicted octanol–water partition coefficient (Wildman–Crippen LogP) is 0.854. The monoisotopic (exact) mass is 194 g/mol. The number of benzene rings is 1. The molecule has 1 rings (SSSR count). The van der Waals surface area contributed by atoms with Crippen LogP contribution in [0.1, 0.15) is 21.5 Å². The standard InChI is InChI=1S/C9H7FN2O2/c10-7-2-5(3-11)1-6(4-12)8(7)9(13)14/h1-2H,3,11H2,(H,13,14). The van der Waals surface area contributed by atoms with Crippen molar-refractivity contribution >= 4 is 5.97 Å². The van der Waals surface area contributed by atoms with E-state index in [2.05, 4.69) is 0 Å². The summed E-state index contributed by atoms with van der Waals surface area (Å²) in [5.41, 5.74) is 4.82. The summed E-state index contributed by atoms with van der Waals surface area (Å²) in [5, 5.41) is 17.2. The van der Waals surface area contributed by atoms with Crippen LogP contribution in [0.2, 0.25) is 0 Å². The van der Waals surface area contributed by atoms with Gasteiger partial charge >= 0.3 is 5.97 Å². The summed E-state index contributed by atoms with van der Waals surface area (Å²) in [6.07, 6.45) is 0. The molecule has 0 aromatic heterocycles. The average molecular weight is 194 g/mol. The number of nitrogens with zero attached hydrogens (tertiary/aromatic N) is 1. The van der Waals surface area contributed by atoms with Crippen LogP contribution in [0.25, 0.3) is 0 Å². The molecule has 0 bridgehead atoms. The smallest absolute Gasteiger partial charge is 0.340 e. The molecule has 0 saturated carbocycles. The lowest BCUT2D eigenvalue weighted by Gasteiger charge is -2.03. The van der Waals surface area contributed by atoms with Crippen LogP contribution >= 0.6 is 0 Å². The maximum absolute atomic E-state index is 13.1. The quantitative estimate of drug-likeness (QED) is 0.730. The number of rotatable bonds is 2. The van der Waals surface area contributed by atoms with Gasteiger partial charge < -0.3 is 10.8 Å². The number of carbonyl (C=O) groups is 1. The van der Waals surface area contributed by atoms with Crippen LogP contribution < -0.4 is 5.73 Å². The Kier molecular flexibility index (Phi) is 2.79. The summed E-state index contributed by atoms with van der Waals surface area (Å²) in [4.78, 5) is 10.6. The molecular formula is C9H7FN2O2. The fraction of sp³-hybridized carbons (Fsp3) is 0.111. The van der Waals surface area contributed by atoms with Crippen molar-refractivity contribution in [2.24, 2.45) is 5.73 Å². The summed E-state index contributed by atoms with van der Waals surface area (Å²) >= 11 is 0. The molecule has 0 heterocycles. The van der Waals surface area contributed by atoms with Gasteiger partial charge in [-0.3, -0.25) is 0 Å². The van der Waals surface area contributed by atoms with Gasteiger partial charge in [-0.15, -0.1) is 0 Å². The third kappa shape index (κ3) is 1.70. The van der Waals surface area contributed by atoms with Crippen molar-refractivity contribution in [2.45, 2.75) is 6.54 Å². The summed E-state index contributed by atoms with van der Waals surface area (Å²) in [6, 6.07) is 3.90. The van der Waals surface area contributed by atoms with Crippen molar-refractivity contribution in [1.29, 1.82) is 5.26 Å². The molecule has 0 saturated heterocycles. The van der Waals surface area contributed by atoms with Gasteiger partial charge in [0.1, 0.15) is 17.4 Å². The van der Waals surface area contributed by atoms with Gasteiger partial charge in [0.2, 0.25) is 0 Å². The van der Waals surface area contributed by atoms with E-state index < -0.39 is 17.3 Å². The largest absolute Gasteiger partial charge is 0.478 e. The Morgan fingerprint density at radius 3 is 2.71 bits per heavy atom. The highest BCUT2D eigenvalue weighted by Crippen LogP contribution is 2.15. The van der Waals surface area contributed by atoms with E-state index in [-0.39, 0.29) is 12.1 Å². The molecule has 0 spiro atoms. The van der Waals surface area contributed by atoms with Crippen molar-refractivity contribution < 1.29 is 14.3 Å². The van der Waals surface area contributed by atoms with E-state index in [1.165, 1.54) is 6.07 Å². The van der Waals surface area contributed by atoms with Gasteiger partial charge in [-0.05, 0) is 17.7 Å². The minimum atomic E-state index is -1.46. The minimum absolute atomic E-state index is 0.0610. The summed E-state index contributed by atoms with van der Waals surface area (Å²) < 4.78 is 13.1. The Balaban J connectivity index is 3.44. The number of nitriles is 1. The van der Waals surface area contributed by atoms with Crippen LogP contribution in [0.15, 0.2) is 12.1 Å². The van der Waals surface area contributed by atoms with Crippen LogP contribution in [-0.2, 0) is 6.54 Å². The normalized spacial score (nSPS) is 9.50. The average Bonchev–Trinajstić information content (AvgIpc) is 2.15. The first kappa shape index (κ1) is 10.2. The van der Waals surface area contributed by atoms with Crippen molar-refractivity contribution in [3.63, 3.8) is 0 Å². The van der Waals surface area contributed by atoms with Gasteiger partial charge in [-0.25, -0.2) is 9.18 Å². The molecule has 0 aliphatic rings. The fourth-order valence-corrected chi connectivity index (χ4v) is 1.09. The molecule has 0 unspecified atom stereocenters. The number of hydrogen-bond acceptors (Lipinski definition) is 3. The fourth-order valence-electron chi connectivity index (χ4n) is 1.09. The van der Waals surface area contributed by atoms with Crippen LogP contribution in [-0.4, -0.2) is 11.1 Å². The Hall–Kier alpha value is -1.93. The van der Waals surface area contributed by atoms with Crippen LogP contribution in [0.4, 0.5) is 4.39 Å². The number of carboxylic acid groups (broad SMARTS) is 1. The highest BCUT2D eigenvalue weighted by molar-refractivity contribution is 5.91. The van der Waals surface area contributed by atoms with Crippen LogP contribution in [0.5, 0.6) is 0 Å². The lowest BCUT2D eigenvalue weighted by atomic mass is 10.0. The first-order chi connectivity index (χ1) is 6.60. The second kappa shape index (κ2) is 3.85. The summed E-state index contributed by atoms with van der Waals surface area (Å²) in [7, 11) is 0. The zero-order valence-corrected chi connectivity index (χ0v) is 7.12. The second-order valence-corrected chi connectivity index (χ2v) is 2.62. The highest BCUT2D eigenvalue weighted by atomic mass is 19.1. The number of hydrogen-bond donors (Lipinski definition) is 2. The maximum atomic E-state index is 13.1. The first-order valence-corrected chi connectivity index (χ1v) is 3.76. The van der Waals surface area contributed by atoms with Gasteiger partial charge in [0, 0.05) is 6.54 Å². The minimum Gasteiger partial charge on any atom is -0.478 e. The van der Waals surface area contributed by atoms with Gasteiger partial charge in [-0.1, -0.05) is 0 Å². The molecule has 1 aromatic carbocycles. The third-order valence-electron chi connectivity index (χ3n) is 1.72. The Morgan fingerprint density at radius 2 is 2.29 bits per heavy atom. The van der Waals surface area contributed by atoms with E-state index in [4.69, 9.17) is 16.1 Å². The number of carboxylic acids is 1. The molecule has 3 N–H and O–H groups in total. The Labute approximate surface area is 79.4 Å². The summed E-state index contributed by atoms with van der Waals surface area (Å²) in [5.74, 6) is -2.39. The molecule has 0 fully saturated rings. The molecule has 5 heteroatoms. The summed E-state index contributed by atoms with van der Waals surface area (Å²) in [6.45, 7) is 0.0610. The molecule has 14 heavy (non-hydrogen) atoms. The van der Waals surface area contributed by atoms with Gasteiger partial charge in [0.15, 0.2) is 0 Å². The van der Waals surface area contributed by atoms with Crippen molar-refractivity contribution in [3.05, 3.63) is 34.6 Å². The lowest BCUT2D eigenvalue weighted by Crippen LogP contribution is -2.07. The molecule has 0 aliphatic carbocycles. The number of aromatic carboxylic acids is 1. The topological polar surface area (TPSA) is 87.1 Å². The predicted molar refractivity (Wildman–Crippen MR) is 46.0 cm³/mol. The highest BCUT2D eigenvalue weighted by Gasteiger charge is 2.16. The SMILES string of the molecule is N#Cc1cc(CN)cc(F)c1C(=O)O. The third-order valence-corrected chi connectivity index (χ3v) is 1.72. The molecule has 1 aromatic rings. The lowest BCUT2D eigenvalue weighted by molar-refractivity contribution is 0.0691. The molecule has 0 radical (unpaired) electrons. The Bertz CT molecular complexity index is 424. The van der Waals surface area contributed by atoms with E-state index in [0.29, 0.717) is 5.56 Å².